The van der Waals surface area contributed by atoms with E-state index in [0.29, 0.717) is 18.6 Å². The molecule has 0 aromatic heterocycles. The maximum absolute atomic E-state index is 5.75. The first kappa shape index (κ1) is 13.9. The van der Waals surface area contributed by atoms with E-state index in [-0.39, 0.29) is 0 Å². The molecule has 0 saturated carbocycles. The van der Waals surface area contributed by atoms with Gasteiger partial charge in [-0.05, 0) is 62.9 Å². The summed E-state index contributed by atoms with van der Waals surface area (Å²) in [7, 11) is 0. The Morgan fingerprint density at radius 1 is 1.39 bits per heavy atom. The molecule has 2 unspecified atom stereocenters. The van der Waals surface area contributed by atoms with E-state index in [4.69, 9.17) is 5.73 Å². The van der Waals surface area contributed by atoms with E-state index in [0.717, 1.165) is 10.9 Å². The summed E-state index contributed by atoms with van der Waals surface area (Å²) in [6.07, 6.45) is 4.79. The van der Waals surface area contributed by atoms with Crippen LogP contribution < -0.4 is 10.6 Å². The van der Waals surface area contributed by atoms with E-state index in [9.17, 15) is 0 Å². The van der Waals surface area contributed by atoms with Gasteiger partial charge in [0.15, 0.2) is 0 Å². The smallest absolute Gasteiger partial charge is 0.0404 e. The second kappa shape index (κ2) is 6.07. The van der Waals surface area contributed by atoms with Crippen molar-refractivity contribution >= 4 is 21.6 Å². The minimum Gasteiger partial charge on any atom is -0.366 e. The number of nitrogens with zero attached hydrogens (tertiary/aromatic N) is 1. The molecule has 1 fully saturated rings. The van der Waals surface area contributed by atoms with Crippen LogP contribution >= 0.6 is 15.9 Å². The van der Waals surface area contributed by atoms with Gasteiger partial charge in [-0.15, -0.1) is 0 Å². The molecule has 0 radical (unpaired) electrons. The molecule has 1 aromatic carbocycles. The monoisotopic (exact) mass is 310 g/mol. The minimum absolute atomic E-state index is 0.646. The van der Waals surface area contributed by atoms with Crippen LogP contribution in [-0.2, 0) is 6.42 Å². The van der Waals surface area contributed by atoms with Gasteiger partial charge in [-0.1, -0.05) is 22.9 Å². The van der Waals surface area contributed by atoms with Gasteiger partial charge >= 0.3 is 0 Å². The lowest BCUT2D eigenvalue weighted by Gasteiger charge is -2.32. The summed E-state index contributed by atoms with van der Waals surface area (Å²) in [6.45, 7) is 5.34. The van der Waals surface area contributed by atoms with Gasteiger partial charge in [0.05, 0.1) is 0 Å². The Balaban J connectivity index is 2.36. The zero-order valence-electron chi connectivity index (χ0n) is 11.3. The molecule has 2 N–H and O–H groups in total. The van der Waals surface area contributed by atoms with Crippen molar-refractivity contribution in [3.05, 3.63) is 28.2 Å². The zero-order valence-corrected chi connectivity index (χ0v) is 12.9. The Morgan fingerprint density at radius 2 is 2.17 bits per heavy atom. The van der Waals surface area contributed by atoms with Gasteiger partial charge < -0.3 is 10.6 Å². The molecule has 1 saturated heterocycles. The molecule has 0 aliphatic carbocycles. The van der Waals surface area contributed by atoms with E-state index < -0.39 is 0 Å². The van der Waals surface area contributed by atoms with E-state index in [1.54, 1.807) is 0 Å². The highest BCUT2D eigenvalue weighted by atomic mass is 79.9. The van der Waals surface area contributed by atoms with Crippen molar-refractivity contribution in [3.8, 4) is 0 Å². The van der Waals surface area contributed by atoms with Gasteiger partial charge in [0.25, 0.3) is 0 Å². The first-order valence-electron chi connectivity index (χ1n) is 6.94. The first-order chi connectivity index (χ1) is 8.67. The quantitative estimate of drug-likeness (QED) is 0.918. The normalized spacial score (nSPS) is 23.7. The van der Waals surface area contributed by atoms with Crippen molar-refractivity contribution < 1.29 is 0 Å². The molecule has 1 aromatic rings. The molecule has 1 aliphatic heterocycles. The number of rotatable bonds is 4. The topological polar surface area (TPSA) is 29.3 Å². The van der Waals surface area contributed by atoms with Gasteiger partial charge in [-0.25, -0.2) is 0 Å². The van der Waals surface area contributed by atoms with Crippen LogP contribution in [0.5, 0.6) is 0 Å². The molecule has 2 atom stereocenters. The second-order valence-corrected chi connectivity index (χ2v) is 6.12. The van der Waals surface area contributed by atoms with E-state index in [2.05, 4.69) is 52.9 Å². The third-order valence-electron chi connectivity index (χ3n) is 3.99. The number of hydrogen-bond acceptors (Lipinski definition) is 2. The lowest BCUT2D eigenvalue weighted by Crippen LogP contribution is -2.35. The van der Waals surface area contributed by atoms with Gasteiger partial charge in [0.2, 0.25) is 0 Å². The predicted molar refractivity (Wildman–Crippen MR) is 82.2 cm³/mol. The van der Waals surface area contributed by atoms with Gasteiger partial charge in [-0.3, -0.25) is 0 Å². The molecule has 0 amide bonds. The molecule has 18 heavy (non-hydrogen) atoms. The maximum Gasteiger partial charge on any atom is 0.0404 e. The van der Waals surface area contributed by atoms with E-state index >= 15 is 0 Å². The highest BCUT2D eigenvalue weighted by Crippen LogP contribution is 2.35. The minimum atomic E-state index is 0.646. The van der Waals surface area contributed by atoms with E-state index in [1.165, 1.54) is 30.5 Å². The van der Waals surface area contributed by atoms with Crippen molar-refractivity contribution in [2.24, 2.45) is 5.73 Å². The van der Waals surface area contributed by atoms with Gasteiger partial charge in [0.1, 0.15) is 0 Å². The summed E-state index contributed by atoms with van der Waals surface area (Å²) in [5, 5.41) is 0. The number of benzene rings is 1. The fraction of sp³-hybridized carbons (Fsp3) is 0.600. The maximum atomic E-state index is 5.75. The Kier molecular flexibility index (Phi) is 4.68. The van der Waals surface area contributed by atoms with Crippen molar-refractivity contribution in [2.45, 2.75) is 51.6 Å². The average Bonchev–Trinajstić information content (AvgIpc) is 2.71. The van der Waals surface area contributed by atoms with Crippen LogP contribution in [0.3, 0.4) is 0 Å². The molecule has 100 valence electrons. The predicted octanol–water partition coefficient (Wildman–Crippen LogP) is 3.72. The molecule has 1 aliphatic rings. The molecular weight excluding hydrogens is 288 g/mol. The highest BCUT2D eigenvalue weighted by Gasteiger charge is 2.30. The van der Waals surface area contributed by atoms with E-state index in [1.807, 2.05) is 0 Å². The van der Waals surface area contributed by atoms with Gasteiger partial charge in [0, 0.05) is 22.2 Å². The first-order valence-corrected chi connectivity index (χ1v) is 7.73. The molecule has 0 spiro atoms. The van der Waals surface area contributed by atoms with Crippen LogP contribution in [0.25, 0.3) is 0 Å². The van der Waals surface area contributed by atoms with Crippen molar-refractivity contribution in [2.75, 3.05) is 11.4 Å². The average molecular weight is 311 g/mol. The Hall–Kier alpha value is -0.540. The van der Waals surface area contributed by atoms with Crippen molar-refractivity contribution in [1.82, 2.24) is 0 Å². The summed E-state index contributed by atoms with van der Waals surface area (Å²) < 4.78 is 1.15. The van der Waals surface area contributed by atoms with Crippen LogP contribution in [0.2, 0.25) is 0 Å². The lowest BCUT2D eigenvalue weighted by molar-refractivity contribution is 0.625. The van der Waals surface area contributed by atoms with Crippen LogP contribution in [0.15, 0.2) is 22.7 Å². The summed E-state index contributed by atoms with van der Waals surface area (Å²) in [5.74, 6) is 0. The van der Waals surface area contributed by atoms with Crippen LogP contribution in [0.4, 0.5) is 5.69 Å². The van der Waals surface area contributed by atoms with Crippen LogP contribution in [0.1, 0.15) is 38.7 Å². The number of nitrogens with two attached hydrogens (primary N) is 1. The van der Waals surface area contributed by atoms with Crippen molar-refractivity contribution in [1.29, 1.82) is 0 Å². The van der Waals surface area contributed by atoms with Crippen LogP contribution in [0, 0.1) is 0 Å². The standard InChI is InChI=1S/C15H23BrN2/c1-3-14-6-4-11(2)18(14)15-7-5-13(16)10-12(15)8-9-17/h5,7,10-11,14H,3-4,6,8-9,17H2,1-2H3. The number of anilines is 1. The SMILES string of the molecule is CCC1CCC(C)N1c1ccc(Br)cc1CCN. The molecular formula is C15H23BrN2. The van der Waals surface area contributed by atoms with Gasteiger partial charge in [-0.2, -0.15) is 0 Å². The molecule has 3 heteroatoms. The molecule has 2 nitrogen and oxygen atoms in total. The molecule has 0 bridgehead atoms. The number of halogens is 1. The Morgan fingerprint density at radius 3 is 2.83 bits per heavy atom. The summed E-state index contributed by atoms with van der Waals surface area (Å²) >= 11 is 3.56. The molecule has 1 heterocycles. The zero-order chi connectivity index (χ0) is 13.1. The largest absolute Gasteiger partial charge is 0.366 e. The summed E-state index contributed by atoms with van der Waals surface area (Å²) in [4.78, 5) is 2.61. The Labute approximate surface area is 119 Å². The Bertz CT molecular complexity index is 405. The highest BCUT2D eigenvalue weighted by molar-refractivity contribution is 9.10. The number of hydrogen-bond donors (Lipinski definition) is 1. The van der Waals surface area contributed by atoms with Crippen LogP contribution in [-0.4, -0.2) is 18.6 Å². The summed E-state index contributed by atoms with van der Waals surface area (Å²) in [6, 6.07) is 7.96. The fourth-order valence-electron chi connectivity index (χ4n) is 3.07. The second-order valence-electron chi connectivity index (χ2n) is 5.21. The van der Waals surface area contributed by atoms with Crippen molar-refractivity contribution in [3.63, 3.8) is 0 Å². The third-order valence-corrected chi connectivity index (χ3v) is 4.48. The molecule has 2 rings (SSSR count). The third kappa shape index (κ3) is 2.72. The lowest BCUT2D eigenvalue weighted by atomic mass is 10.1. The fourth-order valence-corrected chi connectivity index (χ4v) is 3.48. The summed E-state index contributed by atoms with van der Waals surface area (Å²) in [5.41, 5.74) is 8.51.